The zero-order valence-electron chi connectivity index (χ0n) is 14.0. The Hall–Kier alpha value is -2.98. The quantitative estimate of drug-likeness (QED) is 0.363. The van der Waals surface area contributed by atoms with Gasteiger partial charge in [-0.3, -0.25) is 4.98 Å². The van der Waals surface area contributed by atoms with Gasteiger partial charge in [0.2, 0.25) is 0 Å². The smallest absolute Gasteiger partial charge is 0.318 e. The van der Waals surface area contributed by atoms with Gasteiger partial charge in [0.15, 0.2) is 0 Å². The van der Waals surface area contributed by atoms with Crippen LogP contribution < -0.4 is 0 Å². The lowest BCUT2D eigenvalue weighted by Crippen LogP contribution is -2.08. The summed E-state index contributed by atoms with van der Waals surface area (Å²) in [7, 11) is 0. The summed E-state index contributed by atoms with van der Waals surface area (Å²) in [4.78, 5) is 21.2. The van der Waals surface area contributed by atoms with Crippen LogP contribution in [0.2, 0.25) is 5.02 Å². The Morgan fingerprint density at radius 3 is 2.27 bits per heavy atom. The van der Waals surface area contributed by atoms with Gasteiger partial charge in [0.25, 0.3) is 0 Å². The van der Waals surface area contributed by atoms with Gasteiger partial charge in [-0.25, -0.2) is 4.79 Å². The number of benzene rings is 2. The van der Waals surface area contributed by atoms with Crippen molar-refractivity contribution in [2.24, 2.45) is 5.16 Å². The summed E-state index contributed by atoms with van der Waals surface area (Å²) in [5.41, 5.74) is 3.24. The number of carbonyl (C=O) groups excluding carboxylic acids is 1. The number of hydrogen-bond donors (Lipinski definition) is 0. The largest absolute Gasteiger partial charge is 0.335 e. The van der Waals surface area contributed by atoms with Crippen LogP contribution in [0.1, 0.15) is 23.1 Å². The van der Waals surface area contributed by atoms with Gasteiger partial charge in [0.1, 0.15) is 5.71 Å². The van der Waals surface area contributed by atoms with Gasteiger partial charge in [0.05, 0.1) is 6.42 Å². The van der Waals surface area contributed by atoms with E-state index < -0.39 is 0 Å². The van der Waals surface area contributed by atoms with E-state index in [1.54, 1.807) is 24.5 Å². The summed E-state index contributed by atoms with van der Waals surface area (Å²) in [6, 6.07) is 20.6. The van der Waals surface area contributed by atoms with Crippen molar-refractivity contribution in [2.75, 3.05) is 0 Å². The fraction of sp³-hybridized carbons (Fsp3) is 0.0952. The van der Waals surface area contributed by atoms with Crippen LogP contribution in [0, 0.1) is 0 Å². The number of carbonyl (C=O) groups is 1. The van der Waals surface area contributed by atoms with Gasteiger partial charge in [-0.15, -0.1) is 0 Å². The Balaban J connectivity index is 1.74. The summed E-state index contributed by atoms with van der Waals surface area (Å²) < 4.78 is 0. The van der Waals surface area contributed by atoms with E-state index in [0.717, 1.165) is 16.7 Å². The molecule has 4 nitrogen and oxygen atoms in total. The minimum absolute atomic E-state index is 0.262. The third-order valence-electron chi connectivity index (χ3n) is 3.77. The van der Waals surface area contributed by atoms with Crippen LogP contribution in [-0.2, 0) is 16.1 Å². The van der Waals surface area contributed by atoms with Gasteiger partial charge < -0.3 is 4.84 Å². The fourth-order valence-electron chi connectivity index (χ4n) is 2.42. The Morgan fingerprint density at radius 2 is 1.58 bits per heavy atom. The second kappa shape index (κ2) is 8.92. The molecular formula is C21H17ClN2O2. The van der Waals surface area contributed by atoms with E-state index in [0.29, 0.717) is 17.2 Å². The topological polar surface area (TPSA) is 51.5 Å². The first kappa shape index (κ1) is 17.8. The second-order valence-electron chi connectivity index (χ2n) is 5.63. The minimum Gasteiger partial charge on any atom is -0.318 e. The first-order valence-corrected chi connectivity index (χ1v) is 8.58. The number of halogens is 1. The fourth-order valence-corrected chi connectivity index (χ4v) is 2.55. The maximum Gasteiger partial charge on any atom is 0.335 e. The maximum absolute atomic E-state index is 12.1. The van der Waals surface area contributed by atoms with Crippen molar-refractivity contribution < 1.29 is 9.63 Å². The van der Waals surface area contributed by atoms with Crippen LogP contribution in [0.3, 0.4) is 0 Å². The van der Waals surface area contributed by atoms with Crippen LogP contribution in [0.15, 0.2) is 84.3 Å². The third kappa shape index (κ3) is 5.01. The van der Waals surface area contributed by atoms with Gasteiger partial charge in [-0.1, -0.05) is 59.2 Å². The molecule has 0 saturated heterocycles. The summed E-state index contributed by atoms with van der Waals surface area (Å²) in [6.45, 7) is 0. The van der Waals surface area contributed by atoms with Crippen LogP contribution in [0.25, 0.3) is 0 Å². The summed E-state index contributed by atoms with van der Waals surface area (Å²) in [5.74, 6) is -0.380. The second-order valence-corrected chi connectivity index (χ2v) is 6.07. The molecule has 0 radical (unpaired) electrons. The lowest BCUT2D eigenvalue weighted by molar-refractivity contribution is -0.143. The molecule has 0 spiro atoms. The molecule has 0 aliphatic rings. The Morgan fingerprint density at radius 1 is 0.923 bits per heavy atom. The number of aromatic nitrogens is 1. The molecule has 1 heterocycles. The highest BCUT2D eigenvalue weighted by Crippen LogP contribution is 2.15. The van der Waals surface area contributed by atoms with E-state index in [9.17, 15) is 4.79 Å². The zero-order chi connectivity index (χ0) is 18.2. The monoisotopic (exact) mass is 364 g/mol. The van der Waals surface area contributed by atoms with E-state index in [1.807, 2.05) is 54.6 Å². The molecule has 26 heavy (non-hydrogen) atoms. The Labute approximate surface area is 157 Å². The molecule has 0 aliphatic heterocycles. The number of pyridine rings is 1. The molecule has 0 fully saturated rings. The van der Waals surface area contributed by atoms with Gasteiger partial charge in [0, 0.05) is 28.5 Å². The van der Waals surface area contributed by atoms with Crippen molar-refractivity contribution >= 4 is 23.3 Å². The highest BCUT2D eigenvalue weighted by atomic mass is 35.5. The van der Waals surface area contributed by atoms with Crippen molar-refractivity contribution in [1.82, 2.24) is 4.98 Å². The number of rotatable bonds is 6. The first-order valence-electron chi connectivity index (χ1n) is 8.20. The normalized spacial score (nSPS) is 11.2. The summed E-state index contributed by atoms with van der Waals surface area (Å²) in [5, 5.41) is 4.73. The van der Waals surface area contributed by atoms with E-state index in [2.05, 4.69) is 10.1 Å². The van der Waals surface area contributed by atoms with E-state index in [4.69, 9.17) is 16.4 Å². The Bertz CT molecular complexity index is 879. The lowest BCUT2D eigenvalue weighted by atomic mass is 10.0. The van der Waals surface area contributed by atoms with Crippen molar-refractivity contribution in [3.05, 3.63) is 101 Å². The van der Waals surface area contributed by atoms with E-state index >= 15 is 0 Å². The number of oxime groups is 1. The minimum atomic E-state index is -0.380. The van der Waals surface area contributed by atoms with Crippen molar-refractivity contribution in [3.8, 4) is 0 Å². The first-order chi connectivity index (χ1) is 12.7. The molecule has 0 amide bonds. The molecule has 0 N–H and O–H groups in total. The number of hydrogen-bond acceptors (Lipinski definition) is 4. The molecule has 3 rings (SSSR count). The molecular weight excluding hydrogens is 348 g/mol. The standard InChI is InChI=1S/C21H17ClN2O2/c22-19-9-7-17(8-10-19)21(18-12-14-23-15-13-18)24-26-20(25)11-6-16-4-2-1-3-5-16/h1-5,7-10,12-15H,6,11H2/b24-21+. The molecule has 0 aliphatic carbocycles. The lowest BCUT2D eigenvalue weighted by Gasteiger charge is -2.07. The average Bonchev–Trinajstić information content (AvgIpc) is 2.69. The SMILES string of the molecule is O=C(CCc1ccccc1)O/N=C(/c1ccncc1)c1ccc(Cl)cc1. The predicted molar refractivity (Wildman–Crippen MR) is 102 cm³/mol. The molecule has 0 unspecified atom stereocenters. The van der Waals surface area contributed by atoms with Crippen molar-refractivity contribution in [1.29, 1.82) is 0 Å². The summed E-state index contributed by atoms with van der Waals surface area (Å²) in [6.07, 6.45) is 4.20. The number of nitrogens with zero attached hydrogens (tertiary/aromatic N) is 2. The van der Waals surface area contributed by atoms with Crippen molar-refractivity contribution in [3.63, 3.8) is 0 Å². The molecule has 0 bridgehead atoms. The molecule has 3 aromatic rings. The third-order valence-corrected chi connectivity index (χ3v) is 4.02. The van der Waals surface area contributed by atoms with Crippen LogP contribution >= 0.6 is 11.6 Å². The molecule has 2 aromatic carbocycles. The molecule has 130 valence electrons. The van der Waals surface area contributed by atoms with E-state index in [1.165, 1.54) is 0 Å². The van der Waals surface area contributed by atoms with E-state index in [-0.39, 0.29) is 12.4 Å². The van der Waals surface area contributed by atoms with Gasteiger partial charge in [-0.05, 0) is 36.2 Å². The van der Waals surface area contributed by atoms with Gasteiger partial charge >= 0.3 is 5.97 Å². The highest BCUT2D eigenvalue weighted by molar-refractivity contribution is 6.30. The zero-order valence-corrected chi connectivity index (χ0v) is 14.8. The van der Waals surface area contributed by atoms with Crippen LogP contribution in [-0.4, -0.2) is 16.7 Å². The molecule has 0 atom stereocenters. The molecule has 0 saturated carbocycles. The van der Waals surface area contributed by atoms with Gasteiger partial charge in [-0.2, -0.15) is 0 Å². The molecule has 5 heteroatoms. The number of aryl methyl sites for hydroxylation is 1. The highest BCUT2D eigenvalue weighted by Gasteiger charge is 2.10. The Kier molecular flexibility index (Phi) is 6.12. The van der Waals surface area contributed by atoms with Crippen LogP contribution in [0.4, 0.5) is 0 Å². The predicted octanol–water partition coefficient (Wildman–Crippen LogP) is 4.66. The molecule has 1 aromatic heterocycles. The average molecular weight is 365 g/mol. The summed E-state index contributed by atoms with van der Waals surface area (Å²) >= 11 is 5.95. The van der Waals surface area contributed by atoms with Crippen molar-refractivity contribution in [2.45, 2.75) is 12.8 Å². The maximum atomic E-state index is 12.1. The van der Waals surface area contributed by atoms with Crippen LogP contribution in [0.5, 0.6) is 0 Å².